The highest BCUT2D eigenvalue weighted by atomic mass is 16.5. The molecular weight excluding hydrogens is 324 g/mol. The van der Waals surface area contributed by atoms with E-state index in [0.717, 1.165) is 35.1 Å². The Kier molecular flexibility index (Phi) is 6.10. The summed E-state index contributed by atoms with van der Waals surface area (Å²) in [5.41, 5.74) is 3.30. The Morgan fingerprint density at radius 2 is 1.46 bits per heavy atom. The van der Waals surface area contributed by atoms with Crippen LogP contribution in [-0.4, -0.2) is 26.3 Å². The van der Waals surface area contributed by atoms with Gasteiger partial charge >= 0.3 is 5.97 Å². The molecular formula is C23H28O3. The molecule has 3 heteroatoms. The van der Waals surface area contributed by atoms with E-state index in [0.29, 0.717) is 6.61 Å². The van der Waals surface area contributed by atoms with E-state index in [9.17, 15) is 4.79 Å². The largest absolute Gasteiger partial charge is 0.465 e. The molecule has 0 aliphatic heterocycles. The van der Waals surface area contributed by atoms with Gasteiger partial charge in [-0.15, -0.1) is 0 Å². The Bertz CT molecular complexity index is 705. The van der Waals surface area contributed by atoms with Gasteiger partial charge in [0, 0.05) is 7.11 Å². The number of hydrogen-bond donors (Lipinski definition) is 0. The lowest BCUT2D eigenvalue weighted by molar-refractivity contribution is -0.150. The second kappa shape index (κ2) is 8.50. The van der Waals surface area contributed by atoms with Crippen LogP contribution in [0.1, 0.15) is 50.2 Å². The van der Waals surface area contributed by atoms with Gasteiger partial charge in [-0.2, -0.15) is 0 Å². The van der Waals surface area contributed by atoms with Crippen LogP contribution in [0.3, 0.4) is 0 Å². The zero-order valence-electron chi connectivity index (χ0n) is 15.8. The molecule has 0 saturated carbocycles. The number of fused-ring (bicyclic) bond motifs is 3. The summed E-state index contributed by atoms with van der Waals surface area (Å²) in [7, 11) is 1.64. The summed E-state index contributed by atoms with van der Waals surface area (Å²) in [6.45, 7) is 2.96. The summed E-state index contributed by atoms with van der Waals surface area (Å²) in [6.07, 6.45) is 5.67. The molecule has 0 bridgehead atoms. The molecule has 0 atom stereocenters. The van der Waals surface area contributed by atoms with Crippen LogP contribution >= 0.6 is 0 Å². The highest BCUT2D eigenvalue weighted by Gasteiger charge is 2.50. The number of benzene rings is 2. The third-order valence-electron chi connectivity index (χ3n) is 5.25. The van der Waals surface area contributed by atoms with Gasteiger partial charge in [0.05, 0.1) is 13.2 Å². The van der Waals surface area contributed by atoms with Crippen molar-refractivity contribution in [3.8, 4) is 11.1 Å². The first-order chi connectivity index (χ1) is 12.8. The highest BCUT2D eigenvalue weighted by Crippen LogP contribution is 2.49. The Hall–Kier alpha value is -2.13. The van der Waals surface area contributed by atoms with E-state index in [-0.39, 0.29) is 12.6 Å². The zero-order chi connectivity index (χ0) is 18.4. The van der Waals surface area contributed by atoms with Crippen LogP contribution in [0.15, 0.2) is 48.5 Å². The summed E-state index contributed by atoms with van der Waals surface area (Å²) in [4.78, 5) is 13.3. The molecule has 0 aromatic heterocycles. The standard InChI is InChI=1S/C23H28O3/c1-3-4-5-6-11-16-26-22(24)23(17-25-2)20-14-9-7-12-18(20)19-13-8-10-15-21(19)23/h7-10,12-15H,3-6,11,16-17H2,1-2H3. The van der Waals surface area contributed by atoms with Crippen molar-refractivity contribution in [3.63, 3.8) is 0 Å². The molecule has 0 saturated heterocycles. The smallest absolute Gasteiger partial charge is 0.323 e. The van der Waals surface area contributed by atoms with Gasteiger partial charge in [-0.25, -0.2) is 0 Å². The minimum Gasteiger partial charge on any atom is -0.465 e. The summed E-state index contributed by atoms with van der Waals surface area (Å²) >= 11 is 0. The number of unbranched alkanes of at least 4 members (excludes halogenated alkanes) is 4. The molecule has 1 aliphatic rings. The molecule has 2 aromatic carbocycles. The van der Waals surface area contributed by atoms with Crippen LogP contribution in [-0.2, 0) is 19.7 Å². The Balaban J connectivity index is 1.86. The van der Waals surface area contributed by atoms with Crippen LogP contribution in [0.5, 0.6) is 0 Å². The molecule has 0 N–H and O–H groups in total. The number of methoxy groups -OCH3 is 1. The number of rotatable bonds is 9. The molecule has 0 radical (unpaired) electrons. The lowest BCUT2D eigenvalue weighted by atomic mass is 9.79. The van der Waals surface area contributed by atoms with Gasteiger partial charge in [0.15, 0.2) is 0 Å². The summed E-state index contributed by atoms with van der Waals surface area (Å²) < 4.78 is 11.3. The van der Waals surface area contributed by atoms with Crippen molar-refractivity contribution in [3.05, 3.63) is 59.7 Å². The summed E-state index contributed by atoms with van der Waals surface area (Å²) in [6, 6.07) is 16.2. The van der Waals surface area contributed by atoms with E-state index in [2.05, 4.69) is 19.1 Å². The first-order valence-electron chi connectivity index (χ1n) is 9.61. The van der Waals surface area contributed by atoms with Gasteiger partial charge in [-0.3, -0.25) is 4.79 Å². The first kappa shape index (κ1) is 18.7. The number of ether oxygens (including phenoxy) is 2. The van der Waals surface area contributed by atoms with E-state index in [1.165, 1.54) is 19.3 Å². The van der Waals surface area contributed by atoms with E-state index >= 15 is 0 Å². The van der Waals surface area contributed by atoms with Crippen molar-refractivity contribution in [1.29, 1.82) is 0 Å². The van der Waals surface area contributed by atoms with Gasteiger partial charge in [-0.05, 0) is 28.7 Å². The number of carbonyl (C=O) groups is 1. The van der Waals surface area contributed by atoms with Crippen LogP contribution < -0.4 is 0 Å². The van der Waals surface area contributed by atoms with Gasteiger partial charge < -0.3 is 9.47 Å². The Labute approximate surface area is 156 Å². The average molecular weight is 352 g/mol. The second-order valence-corrected chi connectivity index (χ2v) is 6.98. The topological polar surface area (TPSA) is 35.5 Å². The van der Waals surface area contributed by atoms with Crippen molar-refractivity contribution >= 4 is 5.97 Å². The molecule has 138 valence electrons. The molecule has 0 heterocycles. The predicted octanol–water partition coefficient (Wildman–Crippen LogP) is 5.11. The third kappa shape index (κ3) is 3.28. The molecule has 0 amide bonds. The van der Waals surface area contributed by atoms with Gasteiger partial charge in [0.25, 0.3) is 0 Å². The van der Waals surface area contributed by atoms with Crippen LogP contribution in [0.4, 0.5) is 0 Å². The van der Waals surface area contributed by atoms with Crippen molar-refractivity contribution in [2.75, 3.05) is 20.3 Å². The van der Waals surface area contributed by atoms with Crippen molar-refractivity contribution < 1.29 is 14.3 Å². The van der Waals surface area contributed by atoms with Gasteiger partial charge in [0.2, 0.25) is 0 Å². The van der Waals surface area contributed by atoms with Crippen LogP contribution in [0.25, 0.3) is 11.1 Å². The summed E-state index contributed by atoms with van der Waals surface area (Å²) in [5, 5.41) is 0. The molecule has 0 spiro atoms. The number of hydrogen-bond acceptors (Lipinski definition) is 3. The van der Waals surface area contributed by atoms with Crippen LogP contribution in [0, 0.1) is 0 Å². The number of carbonyl (C=O) groups excluding carboxylic acids is 1. The average Bonchev–Trinajstić information content (AvgIpc) is 2.96. The molecule has 2 aromatic rings. The lowest BCUT2D eigenvalue weighted by Crippen LogP contribution is -2.41. The second-order valence-electron chi connectivity index (χ2n) is 6.98. The van der Waals surface area contributed by atoms with Crippen LogP contribution in [0.2, 0.25) is 0 Å². The fourth-order valence-electron chi connectivity index (χ4n) is 3.97. The third-order valence-corrected chi connectivity index (χ3v) is 5.25. The first-order valence-corrected chi connectivity index (χ1v) is 9.61. The monoisotopic (exact) mass is 352 g/mol. The minimum absolute atomic E-state index is 0.202. The normalized spacial score (nSPS) is 13.9. The lowest BCUT2D eigenvalue weighted by Gasteiger charge is -2.29. The van der Waals surface area contributed by atoms with Crippen molar-refractivity contribution in [2.24, 2.45) is 0 Å². The Morgan fingerprint density at radius 1 is 0.885 bits per heavy atom. The van der Waals surface area contributed by atoms with E-state index in [1.54, 1.807) is 7.11 Å². The molecule has 3 nitrogen and oxygen atoms in total. The fourth-order valence-corrected chi connectivity index (χ4v) is 3.97. The molecule has 0 fully saturated rings. The van der Waals surface area contributed by atoms with Crippen molar-refractivity contribution in [1.82, 2.24) is 0 Å². The molecule has 0 unspecified atom stereocenters. The maximum absolute atomic E-state index is 13.3. The van der Waals surface area contributed by atoms with Crippen molar-refractivity contribution in [2.45, 2.75) is 44.4 Å². The SMILES string of the molecule is CCCCCCCOC(=O)C1(COC)c2ccccc2-c2ccccc21. The maximum atomic E-state index is 13.3. The molecule has 3 rings (SSSR count). The molecule has 26 heavy (non-hydrogen) atoms. The highest BCUT2D eigenvalue weighted by molar-refractivity contribution is 5.98. The maximum Gasteiger partial charge on any atom is 0.323 e. The van der Waals surface area contributed by atoms with Gasteiger partial charge in [0.1, 0.15) is 5.41 Å². The Morgan fingerprint density at radius 3 is 2.04 bits per heavy atom. The zero-order valence-corrected chi connectivity index (χ0v) is 15.8. The molecule has 1 aliphatic carbocycles. The minimum atomic E-state index is -0.870. The number of esters is 1. The summed E-state index contributed by atoms with van der Waals surface area (Å²) in [5.74, 6) is -0.202. The van der Waals surface area contributed by atoms with E-state index in [4.69, 9.17) is 9.47 Å². The van der Waals surface area contributed by atoms with E-state index in [1.807, 2.05) is 36.4 Å². The predicted molar refractivity (Wildman–Crippen MR) is 104 cm³/mol. The quantitative estimate of drug-likeness (QED) is 0.464. The van der Waals surface area contributed by atoms with E-state index < -0.39 is 5.41 Å². The fraction of sp³-hybridized carbons (Fsp3) is 0.435. The van der Waals surface area contributed by atoms with Gasteiger partial charge in [-0.1, -0.05) is 81.1 Å².